The Morgan fingerprint density at radius 1 is 1.73 bits per heavy atom. The molecule has 0 aromatic carbocycles. The van der Waals surface area contributed by atoms with Crippen molar-refractivity contribution >= 4 is 65.2 Å². The van der Waals surface area contributed by atoms with Gasteiger partial charge < -0.3 is 5.73 Å². The Balaban J connectivity index is 3.34. The van der Waals surface area contributed by atoms with Crippen LogP contribution in [0.15, 0.2) is 4.73 Å². The maximum absolute atomic E-state index is 10.9. The third kappa shape index (κ3) is 1.75. The average molecular weight is 395 g/mol. The number of rotatable bonds is 1. The molecule has 1 heterocycles. The molecule has 1 rings (SSSR count). The summed E-state index contributed by atoms with van der Waals surface area (Å²) in [5.74, 6) is 0.216. The van der Waals surface area contributed by atoms with Crippen molar-refractivity contribution in [3.8, 4) is 0 Å². The number of halogens is 3. The van der Waals surface area contributed by atoms with Gasteiger partial charge in [-0.25, -0.2) is 4.98 Å². The molecule has 0 fully saturated rings. The monoisotopic (exact) mass is 393 g/mol. The first kappa shape index (κ1) is 9.46. The molecule has 7 heteroatoms. The number of anilines is 1. The van der Waals surface area contributed by atoms with E-state index in [4.69, 9.17) is 5.73 Å². The van der Waals surface area contributed by atoms with Gasteiger partial charge in [0.25, 0.3) is 0 Å². The predicted molar refractivity (Wildman–Crippen MR) is 57.0 cm³/mol. The van der Waals surface area contributed by atoms with Crippen LogP contribution in [0.5, 0.6) is 0 Å². The van der Waals surface area contributed by atoms with Gasteiger partial charge in [0.2, 0.25) is 4.69 Å². The van der Waals surface area contributed by atoms with Crippen molar-refractivity contribution in [1.29, 1.82) is 0 Å². The summed E-state index contributed by atoms with van der Waals surface area (Å²) < 4.78 is 1.78. The molecular weight excluding hydrogens is 393 g/mol. The molecule has 0 saturated carbocycles. The largest absolute Gasteiger partial charge is 0.382 e. The van der Waals surface area contributed by atoms with Crippen LogP contribution in [0.3, 0.4) is 0 Å². The van der Waals surface area contributed by atoms with Crippen LogP contribution in [0.1, 0.15) is 10.5 Å². The summed E-state index contributed by atoms with van der Waals surface area (Å²) in [6, 6.07) is 0. The summed E-state index contributed by atoms with van der Waals surface area (Å²) in [5, 5.41) is 0. The lowest BCUT2D eigenvalue weighted by molar-refractivity contribution is 0.109. The van der Waals surface area contributed by atoms with E-state index in [0.29, 0.717) is 10.4 Å². The van der Waals surface area contributed by atoms with Gasteiger partial charge in [-0.1, -0.05) is 0 Å². The topological polar surface area (TPSA) is 60.9 Å². The van der Waals surface area contributed by atoms with Gasteiger partial charge >= 0.3 is 0 Å². The quantitative estimate of drug-likeness (QED) is 0.585. The minimum absolute atomic E-state index is 0.216. The standard InChI is InChI=1S/C4H2Br2IN3O/c5-2(11)1-3(8)9-4(6)10(1)7/h8H2. The fourth-order valence-corrected chi connectivity index (χ4v) is 2.22. The SMILES string of the molecule is Nc1nc(Br)n(I)c1C(=O)Br. The second-order valence-electron chi connectivity index (χ2n) is 1.67. The molecule has 0 aliphatic heterocycles. The first-order valence-corrected chi connectivity index (χ1v) is 4.99. The van der Waals surface area contributed by atoms with E-state index in [1.165, 1.54) is 2.78 Å². The number of hydrogen-bond donors (Lipinski definition) is 1. The molecule has 2 N–H and O–H groups in total. The van der Waals surface area contributed by atoms with Crippen LogP contribution in [-0.4, -0.2) is 12.5 Å². The van der Waals surface area contributed by atoms with Crippen molar-refractivity contribution in [2.75, 3.05) is 5.73 Å². The lowest BCUT2D eigenvalue weighted by atomic mass is 10.5. The number of nitrogens with zero attached hydrogens (tertiary/aromatic N) is 2. The Morgan fingerprint density at radius 3 is 2.45 bits per heavy atom. The Bertz CT molecular complexity index is 311. The Hall–Kier alpha value is 0.370. The minimum atomic E-state index is -0.275. The molecule has 0 radical (unpaired) electrons. The second-order valence-corrected chi connectivity index (χ2v) is 4.06. The molecule has 0 amide bonds. The summed E-state index contributed by atoms with van der Waals surface area (Å²) >= 11 is 7.84. The third-order valence-corrected chi connectivity index (χ3v) is 3.51. The van der Waals surface area contributed by atoms with Crippen molar-refractivity contribution in [3.05, 3.63) is 10.4 Å². The van der Waals surface area contributed by atoms with Gasteiger partial charge in [0.15, 0.2) is 16.2 Å². The third-order valence-electron chi connectivity index (χ3n) is 1.000. The Labute approximate surface area is 93.3 Å². The molecule has 0 spiro atoms. The maximum Gasteiger partial charge on any atom is 0.248 e. The van der Waals surface area contributed by atoms with Crippen LogP contribution in [0.4, 0.5) is 5.82 Å². The van der Waals surface area contributed by atoms with Gasteiger partial charge in [0.1, 0.15) is 0 Å². The van der Waals surface area contributed by atoms with Gasteiger partial charge in [-0.3, -0.25) is 7.58 Å². The highest BCUT2D eigenvalue weighted by Crippen LogP contribution is 2.23. The van der Waals surface area contributed by atoms with Gasteiger partial charge in [-0.05, 0) is 31.9 Å². The van der Waals surface area contributed by atoms with E-state index in [-0.39, 0.29) is 10.5 Å². The highest BCUT2D eigenvalue weighted by molar-refractivity contribution is 14.1. The van der Waals surface area contributed by atoms with Crippen LogP contribution in [-0.2, 0) is 0 Å². The molecule has 0 bridgehead atoms. The highest BCUT2D eigenvalue weighted by atomic mass is 127. The number of aromatic nitrogens is 2. The van der Waals surface area contributed by atoms with Gasteiger partial charge in [-0.15, -0.1) is 0 Å². The van der Waals surface area contributed by atoms with E-state index < -0.39 is 0 Å². The summed E-state index contributed by atoms with van der Waals surface area (Å²) in [7, 11) is 0. The Kier molecular flexibility index (Phi) is 2.92. The molecule has 60 valence electrons. The smallest absolute Gasteiger partial charge is 0.248 e. The maximum atomic E-state index is 10.9. The molecule has 0 saturated heterocycles. The number of carbonyl (C=O) groups is 1. The molecule has 0 atom stereocenters. The van der Waals surface area contributed by atoms with Crippen molar-refractivity contribution in [3.63, 3.8) is 0 Å². The molecule has 1 aromatic heterocycles. The normalized spacial score (nSPS) is 10.1. The summed E-state index contributed by atoms with van der Waals surface area (Å²) in [4.78, 5) is 14.7. The van der Waals surface area contributed by atoms with Crippen LogP contribution >= 0.6 is 54.7 Å². The molecule has 0 aliphatic rings. The second kappa shape index (κ2) is 3.40. The summed E-state index contributed by atoms with van der Waals surface area (Å²) in [6.45, 7) is 0. The molecule has 0 unspecified atom stereocenters. The molecular formula is C4H2Br2IN3O. The van der Waals surface area contributed by atoms with Gasteiger partial charge in [-0.2, -0.15) is 0 Å². The summed E-state index contributed by atoms with van der Waals surface area (Å²) in [5.41, 5.74) is 5.77. The van der Waals surface area contributed by atoms with Crippen LogP contribution in [0, 0.1) is 0 Å². The molecule has 0 aliphatic carbocycles. The van der Waals surface area contributed by atoms with E-state index in [9.17, 15) is 4.79 Å². The number of imidazole rings is 1. The van der Waals surface area contributed by atoms with Crippen LogP contribution in [0.25, 0.3) is 0 Å². The molecule has 4 nitrogen and oxygen atoms in total. The van der Waals surface area contributed by atoms with Crippen molar-refractivity contribution in [1.82, 2.24) is 7.76 Å². The lowest BCUT2D eigenvalue weighted by Crippen LogP contribution is -1.98. The van der Waals surface area contributed by atoms with E-state index in [0.717, 1.165) is 0 Å². The number of nitrogens with two attached hydrogens (primary N) is 1. The molecule has 11 heavy (non-hydrogen) atoms. The first-order chi connectivity index (χ1) is 5.04. The van der Waals surface area contributed by atoms with Gasteiger partial charge in [0, 0.05) is 0 Å². The van der Waals surface area contributed by atoms with Crippen molar-refractivity contribution < 1.29 is 4.79 Å². The number of hydrogen-bond acceptors (Lipinski definition) is 3. The average Bonchev–Trinajstić information content (AvgIpc) is 2.07. The minimum Gasteiger partial charge on any atom is -0.382 e. The molecule has 1 aromatic rings. The zero-order chi connectivity index (χ0) is 8.59. The van der Waals surface area contributed by atoms with E-state index in [1.54, 1.807) is 0 Å². The highest BCUT2D eigenvalue weighted by Gasteiger charge is 2.16. The first-order valence-electron chi connectivity index (χ1n) is 2.43. The summed E-state index contributed by atoms with van der Waals surface area (Å²) in [6.07, 6.45) is 0. The zero-order valence-corrected chi connectivity index (χ0v) is 10.3. The van der Waals surface area contributed by atoms with E-state index in [2.05, 4.69) is 36.8 Å². The fourth-order valence-electron chi connectivity index (χ4n) is 0.567. The number of carbonyl (C=O) groups excluding carboxylic acids is 1. The van der Waals surface area contributed by atoms with Gasteiger partial charge in [0.05, 0.1) is 22.9 Å². The zero-order valence-electron chi connectivity index (χ0n) is 5.01. The Morgan fingerprint density at radius 2 is 2.27 bits per heavy atom. The van der Waals surface area contributed by atoms with Crippen molar-refractivity contribution in [2.24, 2.45) is 0 Å². The van der Waals surface area contributed by atoms with E-state index >= 15 is 0 Å². The van der Waals surface area contributed by atoms with E-state index in [1.807, 2.05) is 22.9 Å². The predicted octanol–water partition coefficient (Wildman–Crippen LogP) is 1.96. The fraction of sp³-hybridized carbons (Fsp3) is 0. The van der Waals surface area contributed by atoms with Crippen LogP contribution < -0.4 is 5.73 Å². The number of nitrogen functional groups attached to an aromatic ring is 1. The van der Waals surface area contributed by atoms with Crippen molar-refractivity contribution in [2.45, 2.75) is 0 Å². The van der Waals surface area contributed by atoms with Crippen LogP contribution in [0.2, 0.25) is 0 Å². The lowest BCUT2D eigenvalue weighted by Gasteiger charge is -1.93.